The zero-order chi connectivity index (χ0) is 19.1. The van der Waals surface area contributed by atoms with Gasteiger partial charge in [-0.1, -0.05) is 19.9 Å². The number of ether oxygens (including phenoxy) is 1. The lowest BCUT2D eigenvalue weighted by Gasteiger charge is -2.18. The quantitative estimate of drug-likeness (QED) is 0.490. The molecular formula is C21H27N3OS2. The van der Waals surface area contributed by atoms with Gasteiger partial charge >= 0.3 is 0 Å². The highest BCUT2D eigenvalue weighted by Gasteiger charge is 2.10. The van der Waals surface area contributed by atoms with Crippen LogP contribution in [0.2, 0.25) is 0 Å². The summed E-state index contributed by atoms with van der Waals surface area (Å²) in [5.74, 6) is 0.853. The van der Waals surface area contributed by atoms with E-state index in [0.717, 1.165) is 48.8 Å². The van der Waals surface area contributed by atoms with Crippen molar-refractivity contribution < 1.29 is 4.74 Å². The Balaban J connectivity index is 1.89. The maximum atomic E-state index is 5.25. The molecule has 0 aliphatic heterocycles. The first-order valence-corrected chi connectivity index (χ1v) is 11.1. The highest BCUT2D eigenvalue weighted by molar-refractivity contribution is 7.14. The molecule has 0 atom stereocenters. The van der Waals surface area contributed by atoms with E-state index in [1.165, 1.54) is 10.6 Å². The van der Waals surface area contributed by atoms with Gasteiger partial charge < -0.3 is 14.2 Å². The maximum absolute atomic E-state index is 5.25. The molecule has 4 nitrogen and oxygen atoms in total. The van der Waals surface area contributed by atoms with Crippen LogP contribution in [0.25, 0.3) is 10.6 Å². The Labute approximate surface area is 169 Å². The van der Waals surface area contributed by atoms with Gasteiger partial charge in [0.1, 0.15) is 5.75 Å². The van der Waals surface area contributed by atoms with Crippen LogP contribution >= 0.6 is 22.7 Å². The van der Waals surface area contributed by atoms with E-state index < -0.39 is 0 Å². The predicted octanol–water partition coefficient (Wildman–Crippen LogP) is 5.25. The third kappa shape index (κ3) is 5.09. The van der Waals surface area contributed by atoms with Crippen LogP contribution in [0.5, 0.6) is 5.75 Å². The van der Waals surface area contributed by atoms with Crippen LogP contribution in [-0.4, -0.2) is 36.2 Å². The van der Waals surface area contributed by atoms with Crippen LogP contribution in [0.15, 0.2) is 52.2 Å². The molecule has 0 fully saturated rings. The van der Waals surface area contributed by atoms with Gasteiger partial charge in [0, 0.05) is 11.9 Å². The molecule has 3 rings (SSSR count). The van der Waals surface area contributed by atoms with E-state index in [1.807, 2.05) is 24.3 Å². The molecule has 0 saturated carbocycles. The molecule has 0 N–H and O–H groups in total. The molecule has 0 unspecified atom stereocenters. The highest BCUT2D eigenvalue weighted by Crippen LogP contribution is 2.26. The summed E-state index contributed by atoms with van der Waals surface area (Å²) < 4.78 is 7.61. The number of methoxy groups -OCH3 is 1. The molecule has 2 heterocycles. The molecular weight excluding hydrogens is 374 g/mol. The summed E-state index contributed by atoms with van der Waals surface area (Å²) in [5.41, 5.74) is 2.22. The Morgan fingerprint density at radius 3 is 2.48 bits per heavy atom. The molecule has 3 aromatic rings. The average molecular weight is 402 g/mol. The molecule has 0 aliphatic carbocycles. The van der Waals surface area contributed by atoms with Gasteiger partial charge in [0.2, 0.25) is 0 Å². The number of nitrogens with zero attached hydrogens (tertiary/aromatic N) is 3. The highest BCUT2D eigenvalue weighted by atomic mass is 32.1. The largest absolute Gasteiger partial charge is 0.497 e. The second-order valence-corrected chi connectivity index (χ2v) is 8.01. The lowest BCUT2D eigenvalue weighted by Crippen LogP contribution is -2.26. The van der Waals surface area contributed by atoms with Gasteiger partial charge in [-0.25, -0.2) is 4.99 Å². The van der Waals surface area contributed by atoms with Crippen LogP contribution < -0.4 is 9.54 Å². The van der Waals surface area contributed by atoms with Gasteiger partial charge in [0.05, 0.1) is 23.4 Å². The zero-order valence-electron chi connectivity index (χ0n) is 16.2. The molecule has 0 bridgehead atoms. The van der Waals surface area contributed by atoms with Crippen molar-refractivity contribution in [3.05, 3.63) is 52.0 Å². The van der Waals surface area contributed by atoms with Crippen molar-refractivity contribution in [2.45, 2.75) is 26.8 Å². The van der Waals surface area contributed by atoms with Gasteiger partial charge in [-0.05, 0) is 61.8 Å². The predicted molar refractivity (Wildman–Crippen MR) is 116 cm³/mol. The molecule has 1 aromatic carbocycles. The van der Waals surface area contributed by atoms with Gasteiger partial charge in [-0.15, -0.1) is 22.7 Å². The summed E-state index contributed by atoms with van der Waals surface area (Å²) in [7, 11) is 1.68. The third-order valence-corrected chi connectivity index (χ3v) is 6.37. The Morgan fingerprint density at radius 2 is 1.85 bits per heavy atom. The number of hydrogen-bond donors (Lipinski definition) is 0. The summed E-state index contributed by atoms with van der Waals surface area (Å²) in [6, 6.07) is 12.2. The second-order valence-electron chi connectivity index (χ2n) is 6.22. The van der Waals surface area contributed by atoms with Crippen molar-refractivity contribution in [3.8, 4) is 16.3 Å². The van der Waals surface area contributed by atoms with Crippen molar-refractivity contribution in [1.29, 1.82) is 0 Å². The van der Waals surface area contributed by atoms with Crippen molar-refractivity contribution in [2.24, 2.45) is 4.99 Å². The SMILES string of the molecule is CCN(CC)CCCn1c(-c2cccs2)csc1=Nc1ccc(OC)cc1. The number of rotatable bonds is 9. The van der Waals surface area contributed by atoms with Crippen LogP contribution in [-0.2, 0) is 6.54 Å². The number of thiophene rings is 1. The molecule has 0 amide bonds. The van der Waals surface area contributed by atoms with Crippen molar-refractivity contribution >= 4 is 28.4 Å². The van der Waals surface area contributed by atoms with E-state index in [-0.39, 0.29) is 0 Å². The Morgan fingerprint density at radius 1 is 1.07 bits per heavy atom. The molecule has 27 heavy (non-hydrogen) atoms. The van der Waals surface area contributed by atoms with E-state index in [1.54, 1.807) is 29.8 Å². The number of aromatic nitrogens is 1. The summed E-state index contributed by atoms with van der Waals surface area (Å²) in [4.78, 5) is 9.71. The minimum atomic E-state index is 0.853. The molecule has 0 saturated heterocycles. The minimum absolute atomic E-state index is 0.853. The smallest absolute Gasteiger partial charge is 0.190 e. The topological polar surface area (TPSA) is 29.8 Å². The Hall–Kier alpha value is -1.89. The van der Waals surface area contributed by atoms with E-state index in [0.29, 0.717) is 0 Å². The van der Waals surface area contributed by atoms with E-state index in [9.17, 15) is 0 Å². The molecule has 144 valence electrons. The van der Waals surface area contributed by atoms with Gasteiger partial charge in [0.15, 0.2) is 4.80 Å². The average Bonchev–Trinajstić information content (AvgIpc) is 3.36. The monoisotopic (exact) mass is 401 g/mol. The third-order valence-electron chi connectivity index (χ3n) is 4.62. The lowest BCUT2D eigenvalue weighted by atomic mass is 10.3. The first-order valence-electron chi connectivity index (χ1n) is 9.38. The van der Waals surface area contributed by atoms with Crippen molar-refractivity contribution in [2.75, 3.05) is 26.7 Å². The Bertz CT molecular complexity index is 875. The van der Waals surface area contributed by atoms with Crippen LogP contribution in [0, 0.1) is 0 Å². The first-order chi connectivity index (χ1) is 13.2. The summed E-state index contributed by atoms with van der Waals surface area (Å²) in [6.45, 7) is 8.74. The summed E-state index contributed by atoms with van der Waals surface area (Å²) in [6.07, 6.45) is 1.12. The maximum Gasteiger partial charge on any atom is 0.190 e. The minimum Gasteiger partial charge on any atom is -0.497 e. The molecule has 2 aromatic heterocycles. The van der Waals surface area contributed by atoms with E-state index >= 15 is 0 Å². The van der Waals surface area contributed by atoms with Crippen LogP contribution in [0.4, 0.5) is 5.69 Å². The summed E-state index contributed by atoms with van der Waals surface area (Å²) >= 11 is 3.49. The van der Waals surface area contributed by atoms with Gasteiger partial charge in [-0.2, -0.15) is 0 Å². The zero-order valence-corrected chi connectivity index (χ0v) is 17.9. The fourth-order valence-corrected chi connectivity index (χ4v) is 4.79. The van der Waals surface area contributed by atoms with Crippen LogP contribution in [0.1, 0.15) is 20.3 Å². The number of benzene rings is 1. The van der Waals surface area contributed by atoms with Crippen LogP contribution in [0.3, 0.4) is 0 Å². The van der Waals surface area contributed by atoms with Crippen molar-refractivity contribution in [1.82, 2.24) is 9.47 Å². The van der Waals surface area contributed by atoms with Gasteiger partial charge in [0.25, 0.3) is 0 Å². The normalized spacial score (nSPS) is 12.1. The second kappa shape index (κ2) is 9.88. The first kappa shape index (κ1) is 19.9. The lowest BCUT2D eigenvalue weighted by molar-refractivity contribution is 0.293. The molecule has 0 spiro atoms. The molecule has 0 radical (unpaired) electrons. The summed E-state index contributed by atoms with van der Waals surface area (Å²) in [5, 5.41) is 4.36. The number of hydrogen-bond acceptors (Lipinski definition) is 5. The fourth-order valence-electron chi connectivity index (χ4n) is 3.02. The standard InChI is InChI=1S/C21H27N3OS2/c1-4-23(5-2)13-7-14-24-19(20-8-6-15-26-20)16-27-21(24)22-17-9-11-18(25-3)12-10-17/h6,8-12,15-16H,4-5,7,13-14H2,1-3H3. The Kier molecular flexibility index (Phi) is 7.26. The molecule has 6 heteroatoms. The number of thiazole rings is 1. The van der Waals surface area contributed by atoms with E-state index in [2.05, 4.69) is 46.2 Å². The molecule has 0 aliphatic rings. The van der Waals surface area contributed by atoms with Crippen molar-refractivity contribution in [3.63, 3.8) is 0 Å². The van der Waals surface area contributed by atoms with Gasteiger partial charge in [-0.3, -0.25) is 0 Å². The fraction of sp³-hybridized carbons (Fsp3) is 0.381. The van der Waals surface area contributed by atoms with E-state index in [4.69, 9.17) is 9.73 Å².